The third-order valence-corrected chi connectivity index (χ3v) is 7.85. The van der Waals surface area contributed by atoms with Gasteiger partial charge in [-0.15, -0.1) is 0 Å². The first-order chi connectivity index (χ1) is 17.8. The van der Waals surface area contributed by atoms with Crippen LogP contribution in [0.5, 0.6) is 11.5 Å². The Labute approximate surface area is 222 Å². The number of H-pyrrole nitrogens is 1. The Morgan fingerprint density at radius 1 is 0.973 bits per heavy atom. The molecule has 5 heteroatoms. The van der Waals surface area contributed by atoms with Crippen LogP contribution < -0.4 is 9.47 Å². The summed E-state index contributed by atoms with van der Waals surface area (Å²) in [6.45, 7) is 10.7. The van der Waals surface area contributed by atoms with E-state index in [-0.39, 0.29) is 0 Å². The highest BCUT2D eigenvalue weighted by atomic mass is 16.5. The number of hydrogen-bond acceptors (Lipinski definition) is 3. The summed E-state index contributed by atoms with van der Waals surface area (Å²) >= 11 is 0. The number of carbonyl (C=O) groups excluding carboxylic acids is 1. The molecule has 1 fully saturated rings. The number of amides is 1. The number of rotatable bonds is 10. The fourth-order valence-electron chi connectivity index (χ4n) is 5.75. The van der Waals surface area contributed by atoms with Crippen molar-refractivity contribution < 1.29 is 14.3 Å². The SMILES string of the molecule is COc1ccc(-c2[nH]c3ccc(C4CCN(C(=O)CCCCC(C)C)CC4)cc3c2C(C)C)cc1OC. The summed E-state index contributed by atoms with van der Waals surface area (Å²) in [4.78, 5) is 18.5. The quantitative estimate of drug-likeness (QED) is 0.286. The molecular formula is C32H44N2O3. The predicted molar refractivity (Wildman–Crippen MR) is 153 cm³/mol. The van der Waals surface area contributed by atoms with Gasteiger partial charge in [-0.3, -0.25) is 4.79 Å². The molecule has 1 amide bonds. The van der Waals surface area contributed by atoms with Crippen LogP contribution in [0.15, 0.2) is 36.4 Å². The van der Waals surface area contributed by atoms with Gasteiger partial charge in [-0.1, -0.05) is 46.6 Å². The van der Waals surface area contributed by atoms with Gasteiger partial charge in [0.05, 0.1) is 19.9 Å². The molecule has 1 aliphatic heterocycles. The van der Waals surface area contributed by atoms with Crippen molar-refractivity contribution in [3.63, 3.8) is 0 Å². The summed E-state index contributed by atoms with van der Waals surface area (Å²) in [6, 6.07) is 13.0. The van der Waals surface area contributed by atoms with Gasteiger partial charge in [0, 0.05) is 36.0 Å². The Hall–Kier alpha value is -2.95. The summed E-state index contributed by atoms with van der Waals surface area (Å²) in [5.41, 5.74) is 6.11. The predicted octanol–water partition coefficient (Wildman–Crippen LogP) is 7.90. The number of fused-ring (bicyclic) bond motifs is 1. The molecule has 0 atom stereocenters. The summed E-state index contributed by atoms with van der Waals surface area (Å²) in [5.74, 6) is 3.38. The number of piperidine rings is 1. The summed E-state index contributed by atoms with van der Waals surface area (Å²) in [5, 5.41) is 1.29. The second-order valence-corrected chi connectivity index (χ2v) is 11.2. The number of unbranched alkanes of at least 4 members (excludes halogenated alkanes) is 1. The first-order valence-corrected chi connectivity index (χ1v) is 14.0. The Morgan fingerprint density at radius 2 is 1.70 bits per heavy atom. The van der Waals surface area contributed by atoms with E-state index in [0.29, 0.717) is 24.2 Å². The molecular weight excluding hydrogens is 460 g/mol. The van der Waals surface area contributed by atoms with Gasteiger partial charge in [-0.2, -0.15) is 0 Å². The van der Waals surface area contributed by atoms with Gasteiger partial charge in [-0.05, 0) is 78.5 Å². The highest BCUT2D eigenvalue weighted by molar-refractivity contribution is 5.92. The van der Waals surface area contributed by atoms with Gasteiger partial charge in [0.15, 0.2) is 11.5 Å². The molecule has 1 aromatic heterocycles. The zero-order valence-electron chi connectivity index (χ0n) is 23.5. The number of nitrogens with zero attached hydrogens (tertiary/aromatic N) is 1. The molecule has 0 aliphatic carbocycles. The highest BCUT2D eigenvalue weighted by Crippen LogP contribution is 2.40. The van der Waals surface area contributed by atoms with Crippen molar-refractivity contribution in [2.45, 2.75) is 78.1 Å². The van der Waals surface area contributed by atoms with Crippen LogP contribution in [0.4, 0.5) is 0 Å². The smallest absolute Gasteiger partial charge is 0.222 e. The number of aromatic amines is 1. The molecule has 0 bridgehead atoms. The van der Waals surface area contributed by atoms with Crippen LogP contribution in [0.3, 0.4) is 0 Å². The lowest BCUT2D eigenvalue weighted by Crippen LogP contribution is -2.37. The molecule has 1 aliphatic rings. The van der Waals surface area contributed by atoms with Crippen LogP contribution in [0.2, 0.25) is 0 Å². The van der Waals surface area contributed by atoms with Crippen LogP contribution in [0.25, 0.3) is 22.2 Å². The molecule has 200 valence electrons. The molecule has 4 rings (SSSR count). The Kier molecular flexibility index (Phi) is 8.83. The van der Waals surface area contributed by atoms with Gasteiger partial charge in [0.2, 0.25) is 5.91 Å². The lowest BCUT2D eigenvalue weighted by Gasteiger charge is -2.32. The topological polar surface area (TPSA) is 54.6 Å². The van der Waals surface area contributed by atoms with Crippen LogP contribution in [0, 0.1) is 5.92 Å². The fraction of sp³-hybridized carbons (Fsp3) is 0.531. The number of hydrogen-bond donors (Lipinski definition) is 1. The minimum Gasteiger partial charge on any atom is -0.493 e. The van der Waals surface area contributed by atoms with Crippen LogP contribution >= 0.6 is 0 Å². The number of methoxy groups -OCH3 is 2. The zero-order valence-corrected chi connectivity index (χ0v) is 23.5. The normalized spacial score (nSPS) is 14.6. The van der Waals surface area contributed by atoms with Gasteiger partial charge < -0.3 is 19.4 Å². The lowest BCUT2D eigenvalue weighted by atomic mass is 9.87. The van der Waals surface area contributed by atoms with Gasteiger partial charge >= 0.3 is 0 Å². The van der Waals surface area contributed by atoms with E-state index in [0.717, 1.165) is 73.0 Å². The molecule has 5 nitrogen and oxygen atoms in total. The molecule has 2 aromatic carbocycles. The number of benzene rings is 2. The third-order valence-electron chi connectivity index (χ3n) is 7.85. The summed E-state index contributed by atoms with van der Waals surface area (Å²) < 4.78 is 11.0. The first kappa shape index (κ1) is 27.1. The maximum Gasteiger partial charge on any atom is 0.222 e. The maximum absolute atomic E-state index is 12.7. The van der Waals surface area contributed by atoms with E-state index in [1.807, 2.05) is 12.1 Å². The van der Waals surface area contributed by atoms with Crippen LogP contribution in [-0.2, 0) is 4.79 Å². The van der Waals surface area contributed by atoms with E-state index >= 15 is 0 Å². The minimum atomic E-state index is 0.338. The maximum atomic E-state index is 12.7. The number of ether oxygens (including phenoxy) is 2. The zero-order chi connectivity index (χ0) is 26.5. The average Bonchev–Trinajstić information content (AvgIpc) is 3.29. The van der Waals surface area contributed by atoms with Crippen LogP contribution in [0.1, 0.15) is 89.2 Å². The van der Waals surface area contributed by atoms with Crippen molar-refractivity contribution in [3.05, 3.63) is 47.5 Å². The monoisotopic (exact) mass is 504 g/mol. The minimum absolute atomic E-state index is 0.338. The van der Waals surface area contributed by atoms with Crippen molar-refractivity contribution in [2.75, 3.05) is 27.3 Å². The number of aromatic nitrogens is 1. The molecule has 37 heavy (non-hydrogen) atoms. The van der Waals surface area contributed by atoms with E-state index in [1.165, 1.54) is 22.9 Å². The molecule has 0 unspecified atom stereocenters. The molecule has 0 spiro atoms. The molecule has 2 heterocycles. The van der Waals surface area contributed by atoms with Crippen molar-refractivity contribution in [1.29, 1.82) is 0 Å². The molecule has 0 saturated carbocycles. The Morgan fingerprint density at radius 3 is 2.35 bits per heavy atom. The van der Waals surface area contributed by atoms with E-state index in [9.17, 15) is 4.79 Å². The Balaban J connectivity index is 1.51. The molecule has 0 radical (unpaired) electrons. The average molecular weight is 505 g/mol. The Bertz CT molecular complexity index is 1200. The van der Waals surface area contributed by atoms with E-state index in [1.54, 1.807) is 14.2 Å². The van der Waals surface area contributed by atoms with E-state index < -0.39 is 0 Å². The lowest BCUT2D eigenvalue weighted by molar-refractivity contribution is -0.132. The number of carbonyl (C=O) groups is 1. The van der Waals surface area contributed by atoms with E-state index in [4.69, 9.17) is 9.47 Å². The third kappa shape index (κ3) is 6.14. The second-order valence-electron chi connectivity index (χ2n) is 11.2. The molecule has 3 aromatic rings. The van der Waals surface area contributed by atoms with Gasteiger partial charge in [-0.25, -0.2) is 0 Å². The van der Waals surface area contributed by atoms with Crippen molar-refractivity contribution in [2.24, 2.45) is 5.92 Å². The van der Waals surface area contributed by atoms with Crippen molar-refractivity contribution >= 4 is 16.8 Å². The van der Waals surface area contributed by atoms with Crippen LogP contribution in [-0.4, -0.2) is 43.1 Å². The second kappa shape index (κ2) is 12.1. The number of nitrogens with one attached hydrogen (secondary N) is 1. The molecule has 1 N–H and O–H groups in total. The first-order valence-electron chi connectivity index (χ1n) is 14.0. The summed E-state index contributed by atoms with van der Waals surface area (Å²) in [7, 11) is 3.34. The van der Waals surface area contributed by atoms with Crippen molar-refractivity contribution in [3.8, 4) is 22.8 Å². The van der Waals surface area contributed by atoms with Gasteiger partial charge in [0.1, 0.15) is 0 Å². The number of likely N-dealkylation sites (tertiary alicyclic amines) is 1. The van der Waals surface area contributed by atoms with Gasteiger partial charge in [0.25, 0.3) is 0 Å². The highest BCUT2D eigenvalue weighted by Gasteiger charge is 2.25. The molecule has 1 saturated heterocycles. The summed E-state index contributed by atoms with van der Waals surface area (Å²) in [6.07, 6.45) is 6.15. The standard InChI is InChI=1S/C32H44N2O3/c1-21(2)9-7-8-10-30(35)34-17-15-23(16-18-34)24-11-13-27-26(19-24)31(22(3)4)32(33-27)25-12-14-28(36-5)29(20-25)37-6/h11-14,19-23,33H,7-10,15-18H2,1-6H3. The van der Waals surface area contributed by atoms with Crippen molar-refractivity contribution in [1.82, 2.24) is 9.88 Å². The fourth-order valence-corrected chi connectivity index (χ4v) is 5.75. The van der Waals surface area contributed by atoms with E-state index in [2.05, 4.69) is 61.8 Å². The largest absolute Gasteiger partial charge is 0.493 e.